The molecule has 1 heterocycles. The van der Waals surface area contributed by atoms with Gasteiger partial charge in [0.2, 0.25) is 5.91 Å². The highest BCUT2D eigenvalue weighted by atomic mass is 16.5. The number of ether oxygens (including phenoxy) is 2. The number of amides is 1. The van der Waals surface area contributed by atoms with E-state index in [2.05, 4.69) is 5.32 Å². The largest absolute Gasteiger partial charge is 0.494 e. The van der Waals surface area contributed by atoms with Gasteiger partial charge in [-0.3, -0.25) is 4.79 Å². The van der Waals surface area contributed by atoms with Gasteiger partial charge in [0, 0.05) is 19.3 Å². The van der Waals surface area contributed by atoms with Crippen molar-refractivity contribution in [3.05, 3.63) is 29.8 Å². The Balaban J connectivity index is 1.52. The van der Waals surface area contributed by atoms with E-state index in [-0.39, 0.29) is 5.91 Å². The number of hydrogen-bond acceptors (Lipinski definition) is 3. The van der Waals surface area contributed by atoms with Crippen LogP contribution in [0.15, 0.2) is 24.3 Å². The molecule has 1 aromatic rings. The molecular weight excluding hydrogens is 278 g/mol. The molecule has 2 aliphatic rings. The molecule has 3 rings (SSSR count). The summed E-state index contributed by atoms with van der Waals surface area (Å²) in [7, 11) is 0. The van der Waals surface area contributed by atoms with Gasteiger partial charge in [0.15, 0.2) is 0 Å². The summed E-state index contributed by atoms with van der Waals surface area (Å²) in [5.74, 6) is 0.978. The highest BCUT2D eigenvalue weighted by Crippen LogP contribution is 2.48. The highest BCUT2D eigenvalue weighted by molar-refractivity contribution is 5.79. The summed E-state index contributed by atoms with van der Waals surface area (Å²) in [6.45, 7) is 4.30. The highest BCUT2D eigenvalue weighted by Gasteiger charge is 2.47. The van der Waals surface area contributed by atoms with Crippen LogP contribution >= 0.6 is 0 Å². The lowest BCUT2D eigenvalue weighted by Gasteiger charge is -2.52. The fourth-order valence-electron chi connectivity index (χ4n) is 3.60. The maximum absolute atomic E-state index is 12.3. The number of nitrogens with one attached hydrogen (secondary N) is 1. The fraction of sp³-hybridized carbons (Fsp3) is 0.611. The minimum absolute atomic E-state index is 0.125. The van der Waals surface area contributed by atoms with Crippen LogP contribution in [0.5, 0.6) is 5.75 Å². The molecular formula is C18H25NO3. The van der Waals surface area contributed by atoms with E-state index >= 15 is 0 Å². The van der Waals surface area contributed by atoms with Crippen molar-refractivity contribution in [2.24, 2.45) is 5.41 Å². The molecule has 1 aromatic carbocycles. The third-order valence-electron chi connectivity index (χ3n) is 5.09. The Hall–Kier alpha value is -1.55. The average molecular weight is 303 g/mol. The van der Waals surface area contributed by atoms with E-state index < -0.39 is 0 Å². The van der Waals surface area contributed by atoms with Gasteiger partial charge in [-0.1, -0.05) is 12.1 Å². The van der Waals surface area contributed by atoms with Crippen LogP contribution in [0.25, 0.3) is 0 Å². The van der Waals surface area contributed by atoms with Gasteiger partial charge in [0.1, 0.15) is 5.75 Å². The van der Waals surface area contributed by atoms with Crippen molar-refractivity contribution in [3.8, 4) is 5.75 Å². The molecule has 1 amide bonds. The first-order chi connectivity index (χ1) is 10.7. The molecule has 4 heteroatoms. The molecule has 1 aliphatic carbocycles. The summed E-state index contributed by atoms with van der Waals surface area (Å²) in [4.78, 5) is 12.3. The summed E-state index contributed by atoms with van der Waals surface area (Å²) in [5, 5.41) is 3.24. The Labute approximate surface area is 132 Å². The zero-order valence-electron chi connectivity index (χ0n) is 13.3. The molecule has 0 radical (unpaired) electrons. The lowest BCUT2D eigenvalue weighted by molar-refractivity contribution is -0.126. The summed E-state index contributed by atoms with van der Waals surface area (Å²) in [6.07, 6.45) is 4.94. The van der Waals surface area contributed by atoms with Crippen molar-refractivity contribution in [3.63, 3.8) is 0 Å². The summed E-state index contributed by atoms with van der Waals surface area (Å²) < 4.78 is 10.9. The predicted octanol–water partition coefficient (Wildman–Crippen LogP) is 2.70. The van der Waals surface area contributed by atoms with Crippen LogP contribution in [0, 0.1) is 5.41 Å². The third-order valence-corrected chi connectivity index (χ3v) is 5.09. The van der Waals surface area contributed by atoms with E-state index in [4.69, 9.17) is 9.47 Å². The van der Waals surface area contributed by atoms with Crippen molar-refractivity contribution in [1.29, 1.82) is 0 Å². The van der Waals surface area contributed by atoms with Gasteiger partial charge in [-0.15, -0.1) is 0 Å². The third kappa shape index (κ3) is 3.27. The van der Waals surface area contributed by atoms with Crippen LogP contribution < -0.4 is 10.1 Å². The van der Waals surface area contributed by atoms with Crippen molar-refractivity contribution in [1.82, 2.24) is 5.32 Å². The predicted molar refractivity (Wildman–Crippen MR) is 85.0 cm³/mol. The number of rotatable bonds is 5. The van der Waals surface area contributed by atoms with E-state index in [1.54, 1.807) is 0 Å². The Morgan fingerprint density at radius 1 is 1.27 bits per heavy atom. The van der Waals surface area contributed by atoms with Gasteiger partial charge in [-0.25, -0.2) is 0 Å². The molecule has 0 bridgehead atoms. The van der Waals surface area contributed by atoms with E-state index in [1.807, 2.05) is 31.2 Å². The van der Waals surface area contributed by atoms with Gasteiger partial charge in [0.05, 0.1) is 13.0 Å². The topological polar surface area (TPSA) is 47.6 Å². The first-order valence-corrected chi connectivity index (χ1v) is 8.31. The van der Waals surface area contributed by atoms with Crippen molar-refractivity contribution >= 4 is 5.91 Å². The lowest BCUT2D eigenvalue weighted by atomic mass is 9.60. The monoisotopic (exact) mass is 303 g/mol. The van der Waals surface area contributed by atoms with Crippen molar-refractivity contribution < 1.29 is 14.3 Å². The van der Waals surface area contributed by atoms with Crippen LogP contribution in [0.4, 0.5) is 0 Å². The number of benzene rings is 1. The number of hydrogen-bond donors (Lipinski definition) is 1. The Kier molecular flexibility index (Phi) is 4.67. The zero-order chi connectivity index (χ0) is 15.4. The molecule has 1 atom stereocenters. The molecule has 4 nitrogen and oxygen atoms in total. The standard InChI is InChI=1S/C18H25NO3/c1-2-22-15-5-3-14(4-6-15)13-17(20)19-16-7-8-18(16)9-11-21-12-10-18/h3-6,16H,2,7-13H2,1H3,(H,19,20). The second-order valence-corrected chi connectivity index (χ2v) is 6.39. The minimum Gasteiger partial charge on any atom is -0.494 e. The second kappa shape index (κ2) is 6.69. The number of carbonyl (C=O) groups is 1. The van der Waals surface area contributed by atoms with E-state index in [0.29, 0.717) is 24.5 Å². The molecule has 22 heavy (non-hydrogen) atoms. The molecule has 1 saturated carbocycles. The normalized spacial score (nSPS) is 22.9. The molecule has 120 valence electrons. The van der Waals surface area contributed by atoms with Crippen LogP contribution in [-0.4, -0.2) is 31.8 Å². The zero-order valence-corrected chi connectivity index (χ0v) is 13.3. The van der Waals surface area contributed by atoms with Gasteiger partial charge < -0.3 is 14.8 Å². The molecule has 1 N–H and O–H groups in total. The Bertz CT molecular complexity index is 506. The Morgan fingerprint density at radius 2 is 2.00 bits per heavy atom. The van der Waals surface area contributed by atoms with E-state index in [9.17, 15) is 4.79 Å². The Morgan fingerprint density at radius 3 is 2.59 bits per heavy atom. The number of carbonyl (C=O) groups excluding carboxylic acids is 1. The molecule has 0 aromatic heterocycles. The quantitative estimate of drug-likeness (QED) is 0.910. The van der Waals surface area contributed by atoms with Crippen molar-refractivity contribution in [2.75, 3.05) is 19.8 Å². The summed E-state index contributed by atoms with van der Waals surface area (Å²) in [5.41, 5.74) is 1.34. The van der Waals surface area contributed by atoms with E-state index in [0.717, 1.165) is 43.8 Å². The van der Waals surface area contributed by atoms with Gasteiger partial charge >= 0.3 is 0 Å². The summed E-state index contributed by atoms with van der Waals surface area (Å²) in [6, 6.07) is 8.13. The molecule has 1 unspecified atom stereocenters. The maximum atomic E-state index is 12.3. The summed E-state index contributed by atoms with van der Waals surface area (Å²) >= 11 is 0. The first-order valence-electron chi connectivity index (χ1n) is 8.31. The second-order valence-electron chi connectivity index (χ2n) is 6.39. The molecule has 2 fully saturated rings. The van der Waals surface area contributed by atoms with E-state index in [1.165, 1.54) is 6.42 Å². The first kappa shape index (κ1) is 15.3. The maximum Gasteiger partial charge on any atom is 0.224 e. The van der Waals surface area contributed by atoms with Gasteiger partial charge in [-0.05, 0) is 55.7 Å². The van der Waals surface area contributed by atoms with Gasteiger partial charge in [-0.2, -0.15) is 0 Å². The fourth-order valence-corrected chi connectivity index (χ4v) is 3.60. The molecule has 1 spiro atoms. The lowest BCUT2D eigenvalue weighted by Crippen LogP contribution is -2.57. The minimum atomic E-state index is 0.125. The smallest absolute Gasteiger partial charge is 0.224 e. The van der Waals surface area contributed by atoms with Crippen LogP contribution in [0.1, 0.15) is 38.2 Å². The molecule has 1 aliphatic heterocycles. The van der Waals surface area contributed by atoms with Crippen molar-refractivity contribution in [2.45, 2.75) is 45.1 Å². The SMILES string of the molecule is CCOc1ccc(CC(=O)NC2CCC23CCOCC3)cc1. The van der Waals surface area contributed by atoms with Gasteiger partial charge in [0.25, 0.3) is 0 Å². The van der Waals surface area contributed by atoms with Crippen LogP contribution in [-0.2, 0) is 16.0 Å². The average Bonchev–Trinajstić information content (AvgIpc) is 2.55. The van der Waals surface area contributed by atoms with Crippen LogP contribution in [0.3, 0.4) is 0 Å². The molecule has 1 saturated heterocycles. The van der Waals surface area contributed by atoms with Crippen LogP contribution in [0.2, 0.25) is 0 Å².